The van der Waals surface area contributed by atoms with Crippen molar-refractivity contribution in [3.8, 4) is 10.6 Å². The monoisotopic (exact) mass is 276 g/mol. The highest BCUT2D eigenvalue weighted by atomic mass is 32.1. The van der Waals surface area contributed by atoms with Gasteiger partial charge in [-0.15, -0.1) is 11.3 Å². The van der Waals surface area contributed by atoms with Gasteiger partial charge < -0.3 is 10.5 Å². The highest BCUT2D eigenvalue weighted by Gasteiger charge is 2.17. The number of carbonyl (C=O) groups is 1. The zero-order chi connectivity index (χ0) is 13.8. The summed E-state index contributed by atoms with van der Waals surface area (Å²) >= 11 is 1.49. The van der Waals surface area contributed by atoms with E-state index in [1.807, 2.05) is 31.2 Å². The van der Waals surface area contributed by atoms with E-state index in [0.29, 0.717) is 18.8 Å². The number of aromatic nitrogens is 1. The average Bonchev–Trinajstić information content (AvgIpc) is 2.81. The molecule has 0 unspecified atom stereocenters. The van der Waals surface area contributed by atoms with Crippen LogP contribution in [0.25, 0.3) is 10.6 Å². The first kappa shape index (κ1) is 13.7. The second-order valence-electron chi connectivity index (χ2n) is 4.05. The molecule has 1 heterocycles. The second kappa shape index (κ2) is 5.95. The van der Waals surface area contributed by atoms with Gasteiger partial charge in [-0.3, -0.25) is 0 Å². The molecule has 2 aromatic rings. The Bertz CT molecular complexity index is 576. The molecule has 4 nitrogen and oxygen atoms in total. The van der Waals surface area contributed by atoms with Crippen LogP contribution in [0.15, 0.2) is 24.3 Å². The van der Waals surface area contributed by atoms with Gasteiger partial charge in [0.1, 0.15) is 5.01 Å². The van der Waals surface area contributed by atoms with E-state index < -0.39 is 0 Å². The van der Waals surface area contributed by atoms with Gasteiger partial charge in [0.25, 0.3) is 0 Å². The molecule has 2 rings (SSSR count). The van der Waals surface area contributed by atoms with Gasteiger partial charge >= 0.3 is 5.97 Å². The van der Waals surface area contributed by atoms with Gasteiger partial charge in [0.15, 0.2) is 5.69 Å². The maximum absolute atomic E-state index is 11.7. The van der Waals surface area contributed by atoms with Crippen molar-refractivity contribution in [1.82, 2.24) is 4.98 Å². The molecule has 100 valence electrons. The molecular formula is C14H16N2O2S. The minimum Gasteiger partial charge on any atom is -0.461 e. The second-order valence-corrected chi connectivity index (χ2v) is 5.25. The van der Waals surface area contributed by atoms with Crippen LogP contribution in [0, 0.1) is 6.92 Å². The van der Waals surface area contributed by atoms with E-state index in [4.69, 9.17) is 10.5 Å². The predicted octanol–water partition coefficient (Wildman–Crippen LogP) is 2.75. The molecule has 0 fully saturated rings. The van der Waals surface area contributed by atoms with Crippen molar-refractivity contribution in [1.29, 1.82) is 0 Å². The van der Waals surface area contributed by atoms with Crippen molar-refractivity contribution in [2.75, 3.05) is 6.61 Å². The van der Waals surface area contributed by atoms with Gasteiger partial charge in [-0.05, 0) is 19.4 Å². The summed E-state index contributed by atoms with van der Waals surface area (Å²) in [7, 11) is 0. The van der Waals surface area contributed by atoms with E-state index in [1.165, 1.54) is 11.3 Å². The number of thiazole rings is 1. The van der Waals surface area contributed by atoms with E-state index >= 15 is 0 Å². The average molecular weight is 276 g/mol. The van der Waals surface area contributed by atoms with Crippen LogP contribution < -0.4 is 5.73 Å². The molecule has 0 atom stereocenters. The maximum Gasteiger partial charge on any atom is 0.358 e. The standard InChI is InChI=1S/C14H16N2O2S/c1-3-18-14(17)12-9(2)19-13(16-12)11-6-4-10(8-15)5-7-11/h4-7H,3,8,15H2,1-2H3. The number of rotatable bonds is 4. The molecule has 0 spiro atoms. The van der Waals surface area contributed by atoms with Gasteiger partial charge in [0.05, 0.1) is 6.61 Å². The summed E-state index contributed by atoms with van der Waals surface area (Å²) < 4.78 is 4.98. The van der Waals surface area contributed by atoms with Gasteiger partial charge in [-0.1, -0.05) is 24.3 Å². The summed E-state index contributed by atoms with van der Waals surface area (Å²) in [5.74, 6) is -0.360. The highest BCUT2D eigenvalue weighted by molar-refractivity contribution is 7.15. The zero-order valence-corrected chi connectivity index (χ0v) is 11.8. The smallest absolute Gasteiger partial charge is 0.358 e. The number of nitrogens with two attached hydrogens (primary N) is 1. The third-order valence-electron chi connectivity index (χ3n) is 2.70. The molecule has 0 aliphatic rings. The molecule has 5 heteroatoms. The van der Waals surface area contributed by atoms with E-state index in [9.17, 15) is 4.79 Å². The lowest BCUT2D eigenvalue weighted by atomic mass is 10.1. The molecule has 0 bridgehead atoms. The Balaban J connectivity index is 2.30. The normalized spacial score (nSPS) is 10.5. The molecule has 0 amide bonds. The molecule has 2 N–H and O–H groups in total. The third-order valence-corrected chi connectivity index (χ3v) is 3.72. The zero-order valence-electron chi connectivity index (χ0n) is 11.0. The van der Waals surface area contributed by atoms with Gasteiger partial charge in [-0.2, -0.15) is 0 Å². The van der Waals surface area contributed by atoms with Crippen molar-refractivity contribution in [2.24, 2.45) is 5.73 Å². The Kier molecular flexibility index (Phi) is 4.29. The van der Waals surface area contributed by atoms with Crippen LogP contribution in [0.4, 0.5) is 0 Å². The first-order valence-corrected chi connectivity index (χ1v) is 6.91. The summed E-state index contributed by atoms with van der Waals surface area (Å²) in [6.45, 7) is 4.54. The first-order chi connectivity index (χ1) is 9.15. The fraction of sp³-hybridized carbons (Fsp3) is 0.286. The van der Waals surface area contributed by atoms with E-state index in [2.05, 4.69) is 4.98 Å². The lowest BCUT2D eigenvalue weighted by molar-refractivity contribution is 0.0519. The number of esters is 1. The number of nitrogens with zero attached hydrogens (tertiary/aromatic N) is 1. The Morgan fingerprint density at radius 2 is 2.05 bits per heavy atom. The fourth-order valence-corrected chi connectivity index (χ4v) is 2.60. The minimum absolute atomic E-state index is 0.357. The number of aryl methyl sites for hydroxylation is 1. The number of benzene rings is 1. The van der Waals surface area contributed by atoms with Crippen molar-refractivity contribution in [3.05, 3.63) is 40.4 Å². The Morgan fingerprint density at radius 1 is 1.37 bits per heavy atom. The largest absolute Gasteiger partial charge is 0.461 e. The Hall–Kier alpha value is -1.72. The van der Waals surface area contributed by atoms with Crippen molar-refractivity contribution in [3.63, 3.8) is 0 Å². The SMILES string of the molecule is CCOC(=O)c1nc(-c2ccc(CN)cc2)sc1C. The Morgan fingerprint density at radius 3 is 2.63 bits per heavy atom. The Labute approximate surface area is 116 Å². The molecule has 0 aliphatic heterocycles. The molecule has 1 aromatic heterocycles. The molecule has 0 saturated carbocycles. The van der Waals surface area contributed by atoms with Crippen LogP contribution in [0.3, 0.4) is 0 Å². The predicted molar refractivity (Wildman–Crippen MR) is 76.1 cm³/mol. The van der Waals surface area contributed by atoms with Crippen LogP contribution >= 0.6 is 11.3 Å². The van der Waals surface area contributed by atoms with Gasteiger partial charge in [0.2, 0.25) is 0 Å². The molecule has 0 radical (unpaired) electrons. The molecule has 0 aliphatic carbocycles. The molecule has 0 saturated heterocycles. The van der Waals surface area contributed by atoms with Crippen molar-refractivity contribution < 1.29 is 9.53 Å². The highest BCUT2D eigenvalue weighted by Crippen LogP contribution is 2.28. The summed E-state index contributed by atoms with van der Waals surface area (Å²) in [6.07, 6.45) is 0. The summed E-state index contributed by atoms with van der Waals surface area (Å²) in [5, 5.41) is 0.823. The first-order valence-electron chi connectivity index (χ1n) is 6.09. The topological polar surface area (TPSA) is 65.2 Å². The lowest BCUT2D eigenvalue weighted by Gasteiger charge is -1.99. The van der Waals surface area contributed by atoms with E-state index in [1.54, 1.807) is 6.92 Å². The van der Waals surface area contributed by atoms with E-state index in [0.717, 1.165) is 21.0 Å². The molecular weight excluding hydrogens is 260 g/mol. The summed E-state index contributed by atoms with van der Waals surface area (Å²) in [6, 6.07) is 7.87. The van der Waals surface area contributed by atoms with Gasteiger partial charge in [-0.25, -0.2) is 9.78 Å². The van der Waals surface area contributed by atoms with Crippen LogP contribution in [-0.2, 0) is 11.3 Å². The number of carbonyl (C=O) groups excluding carboxylic acids is 1. The van der Waals surface area contributed by atoms with Crippen LogP contribution in [-0.4, -0.2) is 17.6 Å². The van der Waals surface area contributed by atoms with Crippen LogP contribution in [0.1, 0.15) is 27.9 Å². The third kappa shape index (κ3) is 3.00. The van der Waals surface area contributed by atoms with Crippen molar-refractivity contribution in [2.45, 2.75) is 20.4 Å². The fourth-order valence-electron chi connectivity index (χ4n) is 1.69. The van der Waals surface area contributed by atoms with Crippen molar-refractivity contribution >= 4 is 17.3 Å². The van der Waals surface area contributed by atoms with Crippen LogP contribution in [0.5, 0.6) is 0 Å². The minimum atomic E-state index is -0.360. The number of hydrogen-bond donors (Lipinski definition) is 1. The molecule has 19 heavy (non-hydrogen) atoms. The van der Waals surface area contributed by atoms with Gasteiger partial charge in [0, 0.05) is 17.0 Å². The quantitative estimate of drug-likeness (QED) is 0.872. The maximum atomic E-state index is 11.7. The van der Waals surface area contributed by atoms with E-state index in [-0.39, 0.29) is 5.97 Å². The van der Waals surface area contributed by atoms with Crippen LogP contribution in [0.2, 0.25) is 0 Å². The summed E-state index contributed by atoms with van der Waals surface area (Å²) in [4.78, 5) is 17.0. The number of hydrogen-bond acceptors (Lipinski definition) is 5. The lowest BCUT2D eigenvalue weighted by Crippen LogP contribution is -2.06. The molecule has 1 aromatic carbocycles. The number of ether oxygens (including phenoxy) is 1. The summed E-state index contributed by atoms with van der Waals surface area (Å²) in [5.41, 5.74) is 8.03.